The molecule has 0 aliphatic carbocycles. The van der Waals surface area contributed by atoms with Crippen LogP contribution < -0.4 is 4.72 Å². The number of aliphatic hydroxyl groups is 1. The van der Waals surface area contributed by atoms with Crippen molar-refractivity contribution in [2.24, 2.45) is 11.3 Å². The van der Waals surface area contributed by atoms with Crippen LogP contribution in [0, 0.1) is 11.3 Å². The van der Waals surface area contributed by atoms with E-state index in [0.29, 0.717) is 19.0 Å². The summed E-state index contributed by atoms with van der Waals surface area (Å²) in [4.78, 5) is 0. The number of nitrogens with zero attached hydrogens (tertiary/aromatic N) is 1. The van der Waals surface area contributed by atoms with Gasteiger partial charge in [-0.15, -0.1) is 0 Å². The van der Waals surface area contributed by atoms with Gasteiger partial charge in [-0.25, -0.2) is 0 Å². The number of hydrogen-bond donors (Lipinski definition) is 2. The molecule has 5 nitrogen and oxygen atoms in total. The topological polar surface area (TPSA) is 69.6 Å². The molecule has 1 heterocycles. The lowest BCUT2D eigenvalue weighted by atomic mass is 9.76. The molecule has 1 rings (SSSR count). The first-order valence-corrected chi connectivity index (χ1v) is 7.99. The van der Waals surface area contributed by atoms with Crippen molar-refractivity contribution < 1.29 is 13.5 Å². The number of piperidine rings is 1. The van der Waals surface area contributed by atoms with Crippen LogP contribution >= 0.6 is 0 Å². The second-order valence-electron chi connectivity index (χ2n) is 6.25. The van der Waals surface area contributed by atoms with Crippen LogP contribution in [0.4, 0.5) is 0 Å². The van der Waals surface area contributed by atoms with E-state index < -0.39 is 16.3 Å². The monoisotopic (exact) mass is 278 g/mol. The fourth-order valence-electron chi connectivity index (χ4n) is 2.33. The third-order valence-corrected chi connectivity index (χ3v) is 5.39. The normalized spacial score (nSPS) is 22.1. The molecule has 0 spiro atoms. The van der Waals surface area contributed by atoms with Gasteiger partial charge in [0.05, 0.1) is 6.61 Å². The van der Waals surface area contributed by atoms with Gasteiger partial charge in [0.1, 0.15) is 0 Å². The lowest BCUT2D eigenvalue weighted by Crippen LogP contribution is -2.49. The summed E-state index contributed by atoms with van der Waals surface area (Å²) in [5.74, 6) is 0.569. The average molecular weight is 278 g/mol. The van der Waals surface area contributed by atoms with E-state index in [-0.39, 0.29) is 12.0 Å². The highest BCUT2D eigenvalue weighted by molar-refractivity contribution is 7.87. The molecule has 0 bridgehead atoms. The van der Waals surface area contributed by atoms with Gasteiger partial charge in [0.2, 0.25) is 0 Å². The Morgan fingerprint density at radius 3 is 2.22 bits per heavy atom. The Bertz CT molecular complexity index is 354. The van der Waals surface area contributed by atoms with E-state index >= 15 is 0 Å². The number of nitrogens with one attached hydrogen (secondary N) is 1. The van der Waals surface area contributed by atoms with Crippen LogP contribution in [0.2, 0.25) is 0 Å². The molecule has 0 unspecified atom stereocenters. The van der Waals surface area contributed by atoms with Gasteiger partial charge in [-0.05, 0) is 31.1 Å². The summed E-state index contributed by atoms with van der Waals surface area (Å²) in [5, 5.41) is 8.90. The van der Waals surface area contributed by atoms with E-state index in [2.05, 4.69) is 25.5 Å². The lowest BCUT2D eigenvalue weighted by Gasteiger charge is -2.38. The minimum absolute atomic E-state index is 0.183. The fraction of sp³-hybridized carbons (Fsp3) is 1.00. The highest BCUT2D eigenvalue weighted by atomic mass is 32.2. The van der Waals surface area contributed by atoms with E-state index in [1.807, 2.05) is 0 Å². The standard InChI is InChI=1S/C12H26N2O3S/c1-10(9-15)13-18(16,17)14-7-5-11(6-8-14)12(2,3)4/h10-11,13,15H,5-9H2,1-4H3/t10-/m1/s1. The zero-order valence-corrected chi connectivity index (χ0v) is 12.6. The van der Waals surface area contributed by atoms with Gasteiger partial charge < -0.3 is 5.11 Å². The summed E-state index contributed by atoms with van der Waals surface area (Å²) in [7, 11) is -3.44. The van der Waals surface area contributed by atoms with Gasteiger partial charge in [0.15, 0.2) is 0 Å². The first kappa shape index (κ1) is 15.9. The van der Waals surface area contributed by atoms with E-state index in [1.165, 1.54) is 4.31 Å². The fourth-order valence-corrected chi connectivity index (χ4v) is 3.75. The molecule has 0 aromatic rings. The van der Waals surface area contributed by atoms with Crippen molar-refractivity contribution >= 4 is 10.2 Å². The zero-order chi connectivity index (χ0) is 14.0. The Labute approximate surface area is 111 Å². The van der Waals surface area contributed by atoms with Crippen LogP contribution in [0.15, 0.2) is 0 Å². The van der Waals surface area contributed by atoms with Crippen molar-refractivity contribution in [1.29, 1.82) is 0 Å². The first-order valence-electron chi connectivity index (χ1n) is 6.55. The summed E-state index contributed by atoms with van der Waals surface area (Å²) in [6.45, 7) is 9.21. The highest BCUT2D eigenvalue weighted by Crippen LogP contribution is 2.34. The number of hydrogen-bond acceptors (Lipinski definition) is 3. The van der Waals surface area contributed by atoms with Crippen molar-refractivity contribution in [3.63, 3.8) is 0 Å². The molecule has 0 aromatic heterocycles. The van der Waals surface area contributed by atoms with Gasteiger partial charge in [0.25, 0.3) is 10.2 Å². The number of rotatable bonds is 4. The molecule has 108 valence electrons. The maximum atomic E-state index is 12.0. The van der Waals surface area contributed by atoms with Crippen LogP contribution in [0.25, 0.3) is 0 Å². The van der Waals surface area contributed by atoms with Gasteiger partial charge >= 0.3 is 0 Å². The Morgan fingerprint density at radius 1 is 1.33 bits per heavy atom. The summed E-state index contributed by atoms with van der Waals surface area (Å²) < 4.78 is 28.0. The van der Waals surface area contributed by atoms with E-state index in [1.54, 1.807) is 6.92 Å². The Kier molecular flexibility index (Phi) is 5.17. The molecule has 1 aliphatic heterocycles. The number of aliphatic hydroxyl groups excluding tert-OH is 1. The third-order valence-electron chi connectivity index (χ3n) is 3.64. The second-order valence-corrected chi connectivity index (χ2v) is 7.95. The van der Waals surface area contributed by atoms with Crippen LogP contribution in [-0.4, -0.2) is 43.6 Å². The Hall–Kier alpha value is -0.170. The van der Waals surface area contributed by atoms with Crippen molar-refractivity contribution in [2.45, 2.75) is 46.6 Å². The van der Waals surface area contributed by atoms with Crippen LogP contribution in [0.3, 0.4) is 0 Å². The molecule has 6 heteroatoms. The van der Waals surface area contributed by atoms with Gasteiger partial charge in [-0.1, -0.05) is 20.8 Å². The highest BCUT2D eigenvalue weighted by Gasteiger charge is 2.33. The molecular weight excluding hydrogens is 252 g/mol. The Morgan fingerprint density at radius 2 is 1.83 bits per heavy atom. The van der Waals surface area contributed by atoms with Gasteiger partial charge in [-0.3, -0.25) is 0 Å². The van der Waals surface area contributed by atoms with Gasteiger partial charge in [0, 0.05) is 19.1 Å². The lowest BCUT2D eigenvalue weighted by molar-refractivity contribution is 0.152. The molecule has 0 aromatic carbocycles. The predicted molar refractivity (Wildman–Crippen MR) is 72.4 cm³/mol. The smallest absolute Gasteiger partial charge is 0.279 e. The summed E-state index contributed by atoms with van der Waals surface area (Å²) in [5.41, 5.74) is 0.238. The van der Waals surface area contributed by atoms with Crippen molar-refractivity contribution in [3.8, 4) is 0 Å². The van der Waals surface area contributed by atoms with Crippen LogP contribution in [0.5, 0.6) is 0 Å². The predicted octanol–water partition coefficient (Wildman–Crippen LogP) is 0.960. The molecule has 1 fully saturated rings. The van der Waals surface area contributed by atoms with E-state index in [0.717, 1.165) is 12.8 Å². The molecule has 18 heavy (non-hydrogen) atoms. The molecule has 1 saturated heterocycles. The maximum absolute atomic E-state index is 12.0. The largest absolute Gasteiger partial charge is 0.395 e. The van der Waals surface area contributed by atoms with Crippen molar-refractivity contribution in [2.75, 3.05) is 19.7 Å². The quantitative estimate of drug-likeness (QED) is 0.805. The molecule has 1 aliphatic rings. The molecule has 0 amide bonds. The SMILES string of the molecule is C[C@H](CO)NS(=O)(=O)N1CCC(C(C)(C)C)CC1. The van der Waals surface area contributed by atoms with E-state index in [4.69, 9.17) is 5.11 Å². The average Bonchev–Trinajstić information content (AvgIpc) is 2.27. The summed E-state index contributed by atoms with van der Waals surface area (Å²) in [6.07, 6.45) is 1.80. The second kappa shape index (κ2) is 5.86. The van der Waals surface area contributed by atoms with Crippen LogP contribution in [0.1, 0.15) is 40.5 Å². The third kappa shape index (κ3) is 4.19. The minimum atomic E-state index is -3.44. The van der Waals surface area contributed by atoms with Crippen LogP contribution in [-0.2, 0) is 10.2 Å². The summed E-state index contributed by atoms with van der Waals surface area (Å²) >= 11 is 0. The summed E-state index contributed by atoms with van der Waals surface area (Å²) in [6, 6.07) is -0.435. The molecule has 0 saturated carbocycles. The van der Waals surface area contributed by atoms with Gasteiger partial charge in [-0.2, -0.15) is 17.4 Å². The van der Waals surface area contributed by atoms with Crippen molar-refractivity contribution in [1.82, 2.24) is 9.03 Å². The first-order chi connectivity index (χ1) is 8.16. The van der Waals surface area contributed by atoms with E-state index in [9.17, 15) is 8.42 Å². The zero-order valence-electron chi connectivity index (χ0n) is 11.8. The Balaban J connectivity index is 2.57. The molecular formula is C12H26N2O3S. The minimum Gasteiger partial charge on any atom is -0.395 e. The van der Waals surface area contributed by atoms with Crippen molar-refractivity contribution in [3.05, 3.63) is 0 Å². The molecule has 1 atom stereocenters. The molecule has 0 radical (unpaired) electrons. The maximum Gasteiger partial charge on any atom is 0.279 e. The molecule has 2 N–H and O–H groups in total.